The van der Waals surface area contributed by atoms with E-state index < -0.39 is 11.6 Å². The summed E-state index contributed by atoms with van der Waals surface area (Å²) in [6.45, 7) is 2.74. The van der Waals surface area contributed by atoms with E-state index in [2.05, 4.69) is 5.32 Å². The summed E-state index contributed by atoms with van der Waals surface area (Å²) in [4.78, 5) is 11.6. The normalized spacial score (nSPS) is 22.0. The van der Waals surface area contributed by atoms with Gasteiger partial charge in [0.05, 0.1) is 12.5 Å². The summed E-state index contributed by atoms with van der Waals surface area (Å²) in [5, 5.41) is 3.33. The van der Waals surface area contributed by atoms with Gasteiger partial charge in [0.25, 0.3) is 0 Å². The van der Waals surface area contributed by atoms with E-state index in [4.69, 9.17) is 4.74 Å². The number of rotatable bonds is 5. The number of nitrogens with one attached hydrogen (secondary N) is 1. The fourth-order valence-corrected chi connectivity index (χ4v) is 2.71. The number of ether oxygens (including phenoxy) is 1. The third-order valence-electron chi connectivity index (χ3n) is 3.93. The molecule has 1 aromatic rings. The van der Waals surface area contributed by atoms with Gasteiger partial charge in [-0.05, 0) is 50.3 Å². The zero-order valence-corrected chi connectivity index (χ0v) is 12.2. The SMILES string of the molecule is CCOC(=O)C1CCC(NCc2ccc(F)c(F)c2)CC1. The topological polar surface area (TPSA) is 38.3 Å². The molecule has 2 rings (SSSR count). The predicted molar refractivity (Wildman–Crippen MR) is 75.6 cm³/mol. The van der Waals surface area contributed by atoms with Crippen molar-refractivity contribution in [1.29, 1.82) is 0 Å². The molecule has 0 bridgehead atoms. The molecule has 0 unspecified atom stereocenters. The molecule has 116 valence electrons. The van der Waals surface area contributed by atoms with Crippen molar-refractivity contribution in [1.82, 2.24) is 5.32 Å². The first-order valence-corrected chi connectivity index (χ1v) is 7.44. The Morgan fingerprint density at radius 2 is 1.95 bits per heavy atom. The highest BCUT2D eigenvalue weighted by Crippen LogP contribution is 2.25. The molecule has 0 saturated heterocycles. The van der Waals surface area contributed by atoms with Crippen LogP contribution in [0.2, 0.25) is 0 Å². The Labute approximate surface area is 123 Å². The molecule has 0 aliphatic heterocycles. The van der Waals surface area contributed by atoms with Crippen molar-refractivity contribution >= 4 is 5.97 Å². The van der Waals surface area contributed by atoms with Crippen molar-refractivity contribution in [2.45, 2.75) is 45.2 Å². The number of halogens is 2. The van der Waals surface area contributed by atoms with Crippen molar-refractivity contribution in [2.75, 3.05) is 6.61 Å². The van der Waals surface area contributed by atoms with Crippen LogP contribution in [0, 0.1) is 17.6 Å². The first kappa shape index (κ1) is 15.9. The van der Waals surface area contributed by atoms with Crippen molar-refractivity contribution in [3.8, 4) is 0 Å². The number of carbonyl (C=O) groups excluding carboxylic acids is 1. The molecule has 1 fully saturated rings. The minimum absolute atomic E-state index is 0.00580. The average Bonchev–Trinajstić information content (AvgIpc) is 2.49. The first-order chi connectivity index (χ1) is 10.1. The second kappa shape index (κ2) is 7.50. The van der Waals surface area contributed by atoms with Crippen LogP contribution in [0.5, 0.6) is 0 Å². The zero-order valence-electron chi connectivity index (χ0n) is 12.2. The molecular formula is C16H21F2NO2. The molecule has 1 saturated carbocycles. The lowest BCUT2D eigenvalue weighted by Gasteiger charge is -2.28. The number of hydrogen-bond donors (Lipinski definition) is 1. The van der Waals surface area contributed by atoms with Gasteiger partial charge in [0, 0.05) is 12.6 Å². The van der Waals surface area contributed by atoms with Crippen LogP contribution in [0.3, 0.4) is 0 Å². The summed E-state index contributed by atoms with van der Waals surface area (Å²) >= 11 is 0. The highest BCUT2D eigenvalue weighted by molar-refractivity contribution is 5.72. The van der Waals surface area contributed by atoms with Gasteiger partial charge in [0.2, 0.25) is 0 Å². The highest BCUT2D eigenvalue weighted by Gasteiger charge is 2.26. The molecule has 1 aliphatic carbocycles. The van der Waals surface area contributed by atoms with E-state index in [9.17, 15) is 13.6 Å². The van der Waals surface area contributed by atoms with E-state index in [-0.39, 0.29) is 11.9 Å². The summed E-state index contributed by atoms with van der Waals surface area (Å²) in [5.74, 6) is -1.74. The summed E-state index contributed by atoms with van der Waals surface area (Å²) < 4.78 is 31.0. The number of hydrogen-bond acceptors (Lipinski definition) is 3. The summed E-state index contributed by atoms with van der Waals surface area (Å²) in [6, 6.07) is 4.25. The van der Waals surface area contributed by atoms with E-state index >= 15 is 0 Å². The van der Waals surface area contributed by atoms with Crippen LogP contribution in [0.1, 0.15) is 38.2 Å². The molecule has 0 heterocycles. The Balaban J connectivity index is 1.76. The molecule has 1 aliphatic rings. The fraction of sp³-hybridized carbons (Fsp3) is 0.562. The van der Waals surface area contributed by atoms with Crippen LogP contribution >= 0.6 is 0 Å². The lowest BCUT2D eigenvalue weighted by molar-refractivity contribution is -0.149. The molecule has 21 heavy (non-hydrogen) atoms. The first-order valence-electron chi connectivity index (χ1n) is 7.44. The third kappa shape index (κ3) is 4.49. The van der Waals surface area contributed by atoms with Crippen LogP contribution in [0.25, 0.3) is 0 Å². The summed E-state index contributed by atoms with van der Waals surface area (Å²) in [5.41, 5.74) is 0.724. The number of carbonyl (C=O) groups is 1. The second-order valence-electron chi connectivity index (χ2n) is 5.43. The van der Waals surface area contributed by atoms with Crippen LogP contribution in [0.4, 0.5) is 8.78 Å². The van der Waals surface area contributed by atoms with Gasteiger partial charge in [0.1, 0.15) is 0 Å². The van der Waals surface area contributed by atoms with Gasteiger partial charge < -0.3 is 10.1 Å². The second-order valence-corrected chi connectivity index (χ2v) is 5.43. The van der Waals surface area contributed by atoms with E-state index in [0.29, 0.717) is 19.2 Å². The minimum atomic E-state index is -0.825. The molecule has 1 N–H and O–H groups in total. The fourth-order valence-electron chi connectivity index (χ4n) is 2.71. The van der Waals surface area contributed by atoms with Gasteiger partial charge in [-0.3, -0.25) is 4.79 Å². The molecule has 0 radical (unpaired) electrons. The maximum Gasteiger partial charge on any atom is 0.308 e. The van der Waals surface area contributed by atoms with E-state index in [1.54, 1.807) is 6.07 Å². The molecule has 5 heteroatoms. The van der Waals surface area contributed by atoms with E-state index in [1.807, 2.05) is 6.92 Å². The number of benzene rings is 1. The molecular weight excluding hydrogens is 276 g/mol. The summed E-state index contributed by atoms with van der Waals surface area (Å²) in [6.07, 6.45) is 3.42. The maximum atomic E-state index is 13.1. The van der Waals surface area contributed by atoms with Gasteiger partial charge in [0.15, 0.2) is 11.6 Å². The Morgan fingerprint density at radius 1 is 1.24 bits per heavy atom. The van der Waals surface area contributed by atoms with Crippen molar-refractivity contribution < 1.29 is 18.3 Å². The van der Waals surface area contributed by atoms with E-state index in [1.165, 1.54) is 6.07 Å². The number of esters is 1. The van der Waals surface area contributed by atoms with Gasteiger partial charge in [-0.1, -0.05) is 6.07 Å². The lowest BCUT2D eigenvalue weighted by atomic mass is 9.86. The van der Waals surface area contributed by atoms with Crippen LogP contribution in [0.15, 0.2) is 18.2 Å². The molecule has 0 amide bonds. The Kier molecular flexibility index (Phi) is 5.67. The zero-order chi connectivity index (χ0) is 15.2. The lowest BCUT2D eigenvalue weighted by Crippen LogP contribution is -2.35. The Hall–Kier alpha value is -1.49. The summed E-state index contributed by atoms with van der Waals surface area (Å²) in [7, 11) is 0. The molecule has 0 spiro atoms. The standard InChI is InChI=1S/C16H21F2NO2/c1-2-21-16(20)12-4-6-13(7-5-12)19-10-11-3-8-14(17)15(18)9-11/h3,8-9,12-13,19H,2,4-7,10H2,1H3. The van der Waals surface area contributed by atoms with Crippen molar-refractivity contribution in [3.63, 3.8) is 0 Å². The monoisotopic (exact) mass is 297 g/mol. The van der Waals surface area contributed by atoms with Gasteiger partial charge in [-0.2, -0.15) is 0 Å². The Morgan fingerprint density at radius 3 is 2.57 bits per heavy atom. The van der Waals surface area contributed by atoms with Crippen LogP contribution in [-0.2, 0) is 16.1 Å². The Bertz CT molecular complexity index is 485. The molecule has 0 atom stereocenters. The van der Waals surface area contributed by atoms with Gasteiger partial charge in [-0.15, -0.1) is 0 Å². The molecule has 3 nitrogen and oxygen atoms in total. The molecule has 1 aromatic carbocycles. The average molecular weight is 297 g/mol. The van der Waals surface area contributed by atoms with E-state index in [0.717, 1.165) is 37.3 Å². The molecule has 0 aromatic heterocycles. The predicted octanol–water partition coefficient (Wildman–Crippen LogP) is 3.18. The third-order valence-corrected chi connectivity index (χ3v) is 3.93. The van der Waals surface area contributed by atoms with Crippen molar-refractivity contribution in [3.05, 3.63) is 35.4 Å². The van der Waals surface area contributed by atoms with Crippen LogP contribution in [-0.4, -0.2) is 18.6 Å². The largest absolute Gasteiger partial charge is 0.466 e. The maximum absolute atomic E-state index is 13.1. The quantitative estimate of drug-likeness (QED) is 0.848. The highest BCUT2D eigenvalue weighted by atomic mass is 19.2. The van der Waals surface area contributed by atoms with Gasteiger partial charge >= 0.3 is 5.97 Å². The minimum Gasteiger partial charge on any atom is -0.466 e. The van der Waals surface area contributed by atoms with Gasteiger partial charge in [-0.25, -0.2) is 8.78 Å². The smallest absolute Gasteiger partial charge is 0.308 e. The van der Waals surface area contributed by atoms with Crippen LogP contribution < -0.4 is 5.32 Å². The van der Waals surface area contributed by atoms with Crippen molar-refractivity contribution in [2.24, 2.45) is 5.92 Å².